The molecule has 1 heterocycles. The highest BCUT2D eigenvalue weighted by atomic mass is 32.2. The number of nitrogens with one attached hydrogen (secondary N) is 1. The molecule has 0 unspecified atom stereocenters. The minimum absolute atomic E-state index is 0.140. The van der Waals surface area contributed by atoms with Crippen LogP contribution in [0.5, 0.6) is 5.75 Å². The molecule has 0 aliphatic carbocycles. The molecule has 0 spiro atoms. The van der Waals surface area contributed by atoms with Crippen LogP contribution in [0.1, 0.15) is 11.1 Å². The number of amides is 1. The van der Waals surface area contributed by atoms with E-state index in [0.717, 1.165) is 21.9 Å². The Morgan fingerprint density at radius 3 is 2.74 bits per heavy atom. The molecule has 27 heavy (non-hydrogen) atoms. The first kappa shape index (κ1) is 17.4. The zero-order chi connectivity index (χ0) is 18.8. The van der Waals surface area contributed by atoms with E-state index < -0.39 is 0 Å². The minimum atomic E-state index is -0.140. The summed E-state index contributed by atoms with van der Waals surface area (Å²) in [5.74, 6) is 0.535. The number of hydrogen-bond donors (Lipinski definition) is 1. The molecule has 1 aliphatic heterocycles. The predicted octanol–water partition coefficient (Wildman–Crippen LogP) is 5.05. The number of aliphatic imine (C=N–C) groups is 1. The van der Waals surface area contributed by atoms with Crippen LogP contribution in [-0.4, -0.2) is 18.2 Å². The minimum Gasteiger partial charge on any atom is -0.494 e. The fourth-order valence-corrected chi connectivity index (χ4v) is 3.82. The lowest BCUT2D eigenvalue weighted by Crippen LogP contribution is -2.19. The summed E-state index contributed by atoms with van der Waals surface area (Å²) in [6, 6.07) is 20.0. The number of ether oxygens (including phenoxy) is 1. The zero-order valence-electron chi connectivity index (χ0n) is 15.0. The largest absolute Gasteiger partial charge is 0.494 e. The van der Waals surface area contributed by atoms with Gasteiger partial charge >= 0.3 is 0 Å². The highest BCUT2D eigenvalue weighted by Gasteiger charge is 2.24. The summed E-state index contributed by atoms with van der Waals surface area (Å²) in [7, 11) is 1.61. The van der Waals surface area contributed by atoms with Crippen LogP contribution in [0, 0.1) is 6.92 Å². The third-order valence-corrected chi connectivity index (χ3v) is 5.23. The van der Waals surface area contributed by atoms with Crippen molar-refractivity contribution in [2.24, 2.45) is 4.99 Å². The van der Waals surface area contributed by atoms with Crippen molar-refractivity contribution in [1.29, 1.82) is 0 Å². The average Bonchev–Trinajstić information content (AvgIpc) is 3.01. The number of hydrogen-bond acceptors (Lipinski definition) is 4. The van der Waals surface area contributed by atoms with Gasteiger partial charge < -0.3 is 10.1 Å². The van der Waals surface area contributed by atoms with E-state index >= 15 is 0 Å². The number of carbonyl (C=O) groups is 1. The van der Waals surface area contributed by atoms with Crippen LogP contribution in [0.2, 0.25) is 0 Å². The summed E-state index contributed by atoms with van der Waals surface area (Å²) in [5, 5.41) is 5.66. The van der Waals surface area contributed by atoms with Crippen molar-refractivity contribution >= 4 is 45.4 Å². The topological polar surface area (TPSA) is 50.7 Å². The van der Waals surface area contributed by atoms with Crippen LogP contribution in [0.15, 0.2) is 70.6 Å². The number of benzene rings is 3. The lowest BCUT2D eigenvalue weighted by molar-refractivity contribution is -0.115. The van der Waals surface area contributed by atoms with E-state index in [1.165, 1.54) is 11.8 Å². The second-order valence-corrected chi connectivity index (χ2v) is 7.26. The van der Waals surface area contributed by atoms with E-state index in [0.29, 0.717) is 21.5 Å². The third kappa shape index (κ3) is 3.59. The molecule has 0 aromatic heterocycles. The number of aryl methyl sites for hydroxylation is 1. The van der Waals surface area contributed by atoms with Crippen LogP contribution in [0.25, 0.3) is 16.8 Å². The fourth-order valence-electron chi connectivity index (χ4n) is 2.99. The molecular weight excluding hydrogens is 356 g/mol. The Labute approximate surface area is 162 Å². The SMILES string of the molecule is COc1ccc(C)cc1N=C1NC(=O)/C(=C/c2cccc3ccccc23)S1. The Morgan fingerprint density at radius 2 is 1.89 bits per heavy atom. The van der Waals surface area contributed by atoms with E-state index in [4.69, 9.17) is 4.74 Å². The first-order valence-corrected chi connectivity index (χ1v) is 9.38. The highest BCUT2D eigenvalue weighted by molar-refractivity contribution is 8.18. The molecule has 0 bridgehead atoms. The van der Waals surface area contributed by atoms with Gasteiger partial charge in [0.2, 0.25) is 0 Å². The Morgan fingerprint density at radius 1 is 1.07 bits per heavy atom. The van der Waals surface area contributed by atoms with Crippen molar-refractivity contribution in [2.75, 3.05) is 7.11 Å². The third-order valence-electron chi connectivity index (χ3n) is 4.32. The summed E-state index contributed by atoms with van der Waals surface area (Å²) in [5.41, 5.74) is 2.79. The standard InChI is InChI=1S/C22H18N2O2S/c1-14-10-11-19(26-2)18(12-14)23-22-24-21(25)20(27-22)13-16-8-5-7-15-6-3-4-9-17(15)16/h3-13H,1-2H3,(H,23,24,25)/b20-13-. The van der Waals surface area contributed by atoms with E-state index in [1.54, 1.807) is 7.11 Å². The quantitative estimate of drug-likeness (QED) is 0.653. The summed E-state index contributed by atoms with van der Waals surface area (Å²) in [6.45, 7) is 2.00. The molecule has 3 aromatic rings. The Hall–Kier alpha value is -3.05. The Kier molecular flexibility index (Phi) is 4.69. The van der Waals surface area contributed by atoms with Crippen LogP contribution in [0.3, 0.4) is 0 Å². The molecule has 0 radical (unpaired) electrons. The normalized spacial score (nSPS) is 16.9. The molecule has 5 heteroatoms. The molecular formula is C22H18N2O2S. The molecule has 4 nitrogen and oxygen atoms in total. The molecule has 1 fully saturated rings. The van der Waals surface area contributed by atoms with Gasteiger partial charge in [-0.3, -0.25) is 4.79 Å². The monoisotopic (exact) mass is 374 g/mol. The van der Waals surface area contributed by atoms with Gasteiger partial charge in [-0.05, 0) is 58.8 Å². The Bertz CT molecular complexity index is 1100. The second-order valence-electron chi connectivity index (χ2n) is 6.23. The summed E-state index contributed by atoms with van der Waals surface area (Å²) in [6.07, 6.45) is 1.92. The molecule has 0 saturated carbocycles. The van der Waals surface area contributed by atoms with Gasteiger partial charge in [-0.2, -0.15) is 0 Å². The number of carbonyl (C=O) groups excluding carboxylic acids is 1. The average molecular weight is 374 g/mol. The number of methoxy groups -OCH3 is 1. The molecule has 1 N–H and O–H groups in total. The smallest absolute Gasteiger partial charge is 0.264 e. The lowest BCUT2D eigenvalue weighted by Gasteiger charge is -2.05. The van der Waals surface area contributed by atoms with Gasteiger partial charge in [0.15, 0.2) is 5.17 Å². The van der Waals surface area contributed by atoms with Crippen LogP contribution >= 0.6 is 11.8 Å². The van der Waals surface area contributed by atoms with Crippen molar-refractivity contribution in [3.8, 4) is 5.75 Å². The first-order valence-electron chi connectivity index (χ1n) is 8.56. The van der Waals surface area contributed by atoms with E-state index in [1.807, 2.05) is 55.5 Å². The second kappa shape index (κ2) is 7.29. The summed E-state index contributed by atoms with van der Waals surface area (Å²) >= 11 is 1.34. The maximum Gasteiger partial charge on any atom is 0.264 e. The van der Waals surface area contributed by atoms with Gasteiger partial charge in [0.05, 0.1) is 12.0 Å². The van der Waals surface area contributed by atoms with Crippen LogP contribution in [0.4, 0.5) is 5.69 Å². The fraction of sp³-hybridized carbons (Fsp3) is 0.0909. The van der Waals surface area contributed by atoms with Crippen molar-refractivity contribution in [2.45, 2.75) is 6.92 Å². The molecule has 1 saturated heterocycles. The Balaban J connectivity index is 1.68. The van der Waals surface area contributed by atoms with E-state index in [-0.39, 0.29) is 5.91 Å². The number of nitrogens with zero attached hydrogens (tertiary/aromatic N) is 1. The van der Waals surface area contributed by atoms with Crippen molar-refractivity contribution in [1.82, 2.24) is 5.32 Å². The number of rotatable bonds is 3. The van der Waals surface area contributed by atoms with Gasteiger partial charge in [0.1, 0.15) is 11.4 Å². The number of thioether (sulfide) groups is 1. The van der Waals surface area contributed by atoms with Gasteiger partial charge in [0.25, 0.3) is 5.91 Å². The molecule has 4 rings (SSSR count). The molecule has 0 atom stereocenters. The van der Waals surface area contributed by atoms with Gasteiger partial charge in [-0.25, -0.2) is 4.99 Å². The van der Waals surface area contributed by atoms with Crippen molar-refractivity contribution in [3.63, 3.8) is 0 Å². The van der Waals surface area contributed by atoms with Crippen molar-refractivity contribution in [3.05, 3.63) is 76.7 Å². The van der Waals surface area contributed by atoms with Crippen molar-refractivity contribution < 1.29 is 9.53 Å². The zero-order valence-corrected chi connectivity index (χ0v) is 15.8. The van der Waals surface area contributed by atoms with E-state index in [9.17, 15) is 4.79 Å². The summed E-state index contributed by atoms with van der Waals surface area (Å²) < 4.78 is 5.36. The maximum absolute atomic E-state index is 12.4. The first-order chi connectivity index (χ1) is 13.1. The van der Waals surface area contributed by atoms with Gasteiger partial charge in [0, 0.05) is 0 Å². The molecule has 134 valence electrons. The predicted molar refractivity (Wildman–Crippen MR) is 112 cm³/mol. The van der Waals surface area contributed by atoms with Crippen LogP contribution < -0.4 is 10.1 Å². The van der Waals surface area contributed by atoms with Gasteiger partial charge in [-0.1, -0.05) is 48.5 Å². The molecule has 1 aliphatic rings. The lowest BCUT2D eigenvalue weighted by atomic mass is 10.0. The number of fused-ring (bicyclic) bond motifs is 1. The number of amidine groups is 1. The van der Waals surface area contributed by atoms with E-state index in [2.05, 4.69) is 28.5 Å². The molecule has 1 amide bonds. The molecule has 3 aromatic carbocycles. The van der Waals surface area contributed by atoms with Crippen LogP contribution in [-0.2, 0) is 4.79 Å². The maximum atomic E-state index is 12.4. The summed E-state index contributed by atoms with van der Waals surface area (Å²) in [4.78, 5) is 17.6. The van der Waals surface area contributed by atoms with Gasteiger partial charge in [-0.15, -0.1) is 0 Å². The highest BCUT2D eigenvalue weighted by Crippen LogP contribution is 2.33.